The number of hydrogen-bond donors (Lipinski definition) is 1. The van der Waals surface area contributed by atoms with Crippen molar-refractivity contribution >= 4 is 34.7 Å². The molecule has 0 spiro atoms. The number of hydrazone groups is 1. The van der Waals surface area contributed by atoms with Gasteiger partial charge in [0.15, 0.2) is 6.61 Å². The Bertz CT molecular complexity index is 714. The van der Waals surface area contributed by atoms with Crippen molar-refractivity contribution in [2.75, 3.05) is 6.61 Å². The Hall–Kier alpha value is -1.89. The Morgan fingerprint density at radius 3 is 2.72 bits per heavy atom. The van der Waals surface area contributed by atoms with Crippen molar-refractivity contribution in [2.24, 2.45) is 5.10 Å². The molecule has 4 nitrogen and oxygen atoms in total. The smallest absolute Gasteiger partial charge is 0.277 e. The van der Waals surface area contributed by atoms with Crippen LogP contribution in [-0.2, 0) is 4.79 Å². The van der Waals surface area contributed by atoms with E-state index < -0.39 is 0 Å². The Morgan fingerprint density at radius 2 is 2.04 bits per heavy atom. The summed E-state index contributed by atoms with van der Waals surface area (Å²) in [5, 5.41) is 3.94. The number of ether oxygens (including phenoxy) is 1. The molecule has 132 valence electrons. The van der Waals surface area contributed by atoms with Crippen LogP contribution in [0.2, 0.25) is 0 Å². The van der Waals surface area contributed by atoms with Gasteiger partial charge in [-0.2, -0.15) is 5.10 Å². The van der Waals surface area contributed by atoms with Gasteiger partial charge in [-0.1, -0.05) is 44.5 Å². The Kier molecular flexibility index (Phi) is 7.91. The van der Waals surface area contributed by atoms with E-state index in [9.17, 15) is 4.79 Å². The highest BCUT2D eigenvalue weighted by Crippen LogP contribution is 2.22. The summed E-state index contributed by atoms with van der Waals surface area (Å²) in [4.78, 5) is 11.8. The third-order valence-electron chi connectivity index (χ3n) is 3.79. The lowest BCUT2D eigenvalue weighted by Crippen LogP contribution is -2.24. The van der Waals surface area contributed by atoms with Gasteiger partial charge in [-0.05, 0) is 70.3 Å². The lowest BCUT2D eigenvalue weighted by atomic mass is 9.97. The largest absolute Gasteiger partial charge is 0.484 e. The highest BCUT2D eigenvalue weighted by Gasteiger charge is 2.05. The summed E-state index contributed by atoms with van der Waals surface area (Å²) in [7, 11) is 0. The molecule has 0 saturated carbocycles. The highest BCUT2D eigenvalue weighted by molar-refractivity contribution is 14.1. The fraction of sp³-hybridized carbons (Fsp3) is 0.300. The van der Waals surface area contributed by atoms with E-state index in [0.717, 1.165) is 9.13 Å². The Balaban J connectivity index is 1.78. The molecule has 2 aromatic rings. The third kappa shape index (κ3) is 6.86. The van der Waals surface area contributed by atoms with E-state index in [1.807, 2.05) is 36.4 Å². The first-order valence-electron chi connectivity index (χ1n) is 8.38. The van der Waals surface area contributed by atoms with Crippen LogP contribution in [0.25, 0.3) is 0 Å². The Labute approximate surface area is 162 Å². The van der Waals surface area contributed by atoms with Crippen LogP contribution in [0, 0.1) is 3.57 Å². The SMILES string of the molecule is CCC[C@@H](C)c1ccc(OCC(=O)N/N=C\c2cccc(I)c2)cc1. The maximum absolute atomic E-state index is 11.8. The molecule has 0 aromatic heterocycles. The van der Waals surface area contributed by atoms with E-state index in [-0.39, 0.29) is 12.5 Å². The zero-order chi connectivity index (χ0) is 18.1. The predicted octanol–water partition coefficient (Wildman–Crippen LogP) is 4.72. The van der Waals surface area contributed by atoms with Gasteiger partial charge in [-0.25, -0.2) is 5.43 Å². The van der Waals surface area contributed by atoms with Crippen LogP contribution in [0.4, 0.5) is 0 Å². The standard InChI is InChI=1S/C20H23IN2O2/c1-3-5-15(2)17-8-10-19(11-9-17)25-14-20(24)23-22-13-16-6-4-7-18(21)12-16/h4,6-13,15H,3,5,14H2,1-2H3,(H,23,24)/b22-13-/t15-/m1/s1. The van der Waals surface area contributed by atoms with E-state index in [1.165, 1.54) is 18.4 Å². The quantitative estimate of drug-likeness (QED) is 0.360. The molecule has 2 aromatic carbocycles. The number of halogens is 1. The molecule has 0 heterocycles. The van der Waals surface area contributed by atoms with Crippen molar-refractivity contribution < 1.29 is 9.53 Å². The lowest BCUT2D eigenvalue weighted by Gasteiger charge is -2.11. The van der Waals surface area contributed by atoms with E-state index in [2.05, 4.69) is 59.1 Å². The zero-order valence-electron chi connectivity index (χ0n) is 14.5. The summed E-state index contributed by atoms with van der Waals surface area (Å²) in [6.45, 7) is 4.35. The molecule has 0 unspecified atom stereocenters. The van der Waals surface area contributed by atoms with Crippen molar-refractivity contribution in [1.82, 2.24) is 5.43 Å². The first-order chi connectivity index (χ1) is 12.1. The number of carbonyl (C=O) groups is 1. The molecule has 0 bridgehead atoms. The fourth-order valence-electron chi connectivity index (χ4n) is 2.44. The molecule has 0 fully saturated rings. The third-order valence-corrected chi connectivity index (χ3v) is 4.46. The molecule has 0 radical (unpaired) electrons. The molecule has 1 N–H and O–H groups in total. The number of amides is 1. The van der Waals surface area contributed by atoms with Crippen LogP contribution < -0.4 is 10.2 Å². The number of nitrogens with zero attached hydrogens (tertiary/aromatic N) is 1. The zero-order valence-corrected chi connectivity index (χ0v) is 16.7. The molecule has 0 aliphatic rings. The second kappa shape index (κ2) is 10.2. The molecule has 0 saturated heterocycles. The van der Waals surface area contributed by atoms with Crippen LogP contribution in [0.1, 0.15) is 43.7 Å². The van der Waals surface area contributed by atoms with Gasteiger partial charge in [-0.3, -0.25) is 4.79 Å². The number of carbonyl (C=O) groups excluding carboxylic acids is 1. The molecule has 2 rings (SSSR count). The van der Waals surface area contributed by atoms with Crippen molar-refractivity contribution in [2.45, 2.75) is 32.6 Å². The average Bonchev–Trinajstić information content (AvgIpc) is 2.61. The Morgan fingerprint density at radius 1 is 1.28 bits per heavy atom. The molecule has 5 heteroatoms. The minimum Gasteiger partial charge on any atom is -0.484 e. The minimum absolute atomic E-state index is 0.0620. The van der Waals surface area contributed by atoms with Gasteiger partial charge in [-0.15, -0.1) is 0 Å². The van der Waals surface area contributed by atoms with E-state index >= 15 is 0 Å². The summed E-state index contributed by atoms with van der Waals surface area (Å²) >= 11 is 2.23. The number of benzene rings is 2. The summed E-state index contributed by atoms with van der Waals surface area (Å²) < 4.78 is 6.62. The van der Waals surface area contributed by atoms with Crippen LogP contribution in [0.3, 0.4) is 0 Å². The van der Waals surface area contributed by atoms with Crippen LogP contribution in [0.15, 0.2) is 53.6 Å². The summed E-state index contributed by atoms with van der Waals surface area (Å²) in [6, 6.07) is 15.8. The van der Waals surface area contributed by atoms with E-state index in [4.69, 9.17) is 4.74 Å². The minimum atomic E-state index is -0.287. The fourth-order valence-corrected chi connectivity index (χ4v) is 3.01. The normalized spacial score (nSPS) is 12.1. The maximum atomic E-state index is 11.8. The van der Waals surface area contributed by atoms with Crippen LogP contribution in [-0.4, -0.2) is 18.7 Å². The van der Waals surface area contributed by atoms with Gasteiger partial charge in [0.1, 0.15) is 5.75 Å². The first-order valence-corrected chi connectivity index (χ1v) is 9.46. The highest BCUT2D eigenvalue weighted by atomic mass is 127. The van der Waals surface area contributed by atoms with Crippen molar-refractivity contribution in [1.29, 1.82) is 0 Å². The topological polar surface area (TPSA) is 50.7 Å². The van der Waals surface area contributed by atoms with Crippen molar-refractivity contribution in [3.8, 4) is 5.75 Å². The van der Waals surface area contributed by atoms with E-state index in [0.29, 0.717) is 11.7 Å². The van der Waals surface area contributed by atoms with Gasteiger partial charge in [0.25, 0.3) is 5.91 Å². The van der Waals surface area contributed by atoms with E-state index in [1.54, 1.807) is 6.21 Å². The van der Waals surface area contributed by atoms with Crippen molar-refractivity contribution in [3.05, 3.63) is 63.2 Å². The van der Waals surface area contributed by atoms with Crippen molar-refractivity contribution in [3.63, 3.8) is 0 Å². The molecule has 1 atom stereocenters. The van der Waals surface area contributed by atoms with Gasteiger partial charge in [0.2, 0.25) is 0 Å². The monoisotopic (exact) mass is 450 g/mol. The molecule has 0 aliphatic carbocycles. The maximum Gasteiger partial charge on any atom is 0.277 e. The number of nitrogens with one attached hydrogen (secondary N) is 1. The molecule has 25 heavy (non-hydrogen) atoms. The second-order valence-corrected chi connectivity index (χ2v) is 7.14. The summed E-state index contributed by atoms with van der Waals surface area (Å²) in [5.41, 5.74) is 4.70. The van der Waals surface area contributed by atoms with Gasteiger partial charge in [0.05, 0.1) is 6.21 Å². The average molecular weight is 450 g/mol. The molecular formula is C20H23IN2O2. The van der Waals surface area contributed by atoms with Gasteiger partial charge >= 0.3 is 0 Å². The molecule has 1 amide bonds. The van der Waals surface area contributed by atoms with Gasteiger partial charge in [0, 0.05) is 3.57 Å². The molecular weight excluding hydrogens is 427 g/mol. The second-order valence-electron chi connectivity index (χ2n) is 5.90. The van der Waals surface area contributed by atoms with Crippen LogP contribution >= 0.6 is 22.6 Å². The van der Waals surface area contributed by atoms with Crippen LogP contribution in [0.5, 0.6) is 5.75 Å². The van der Waals surface area contributed by atoms with Gasteiger partial charge < -0.3 is 4.74 Å². The first kappa shape index (κ1) is 19.4. The summed E-state index contributed by atoms with van der Waals surface area (Å²) in [5.74, 6) is 0.937. The summed E-state index contributed by atoms with van der Waals surface area (Å²) in [6.07, 6.45) is 3.95. The predicted molar refractivity (Wildman–Crippen MR) is 110 cm³/mol. The molecule has 0 aliphatic heterocycles. The lowest BCUT2D eigenvalue weighted by molar-refractivity contribution is -0.123. The number of rotatable bonds is 8. The number of hydrogen-bond acceptors (Lipinski definition) is 3.